The molecule has 0 fully saturated rings. The number of thiazole rings is 1. The Morgan fingerprint density at radius 1 is 1.00 bits per heavy atom. The molecule has 0 spiro atoms. The molecule has 3 heterocycles. The smallest absolute Gasteiger partial charge is 0.200 e. The number of aromatic nitrogens is 4. The lowest BCUT2D eigenvalue weighted by Gasteiger charge is -2.09. The summed E-state index contributed by atoms with van der Waals surface area (Å²) in [5.74, 6) is 2.15. The largest absolute Gasteiger partial charge is 0.461 e. The average molecular weight is 509 g/mol. The van der Waals surface area contributed by atoms with Gasteiger partial charge in [-0.15, -0.1) is 21.5 Å². The zero-order valence-electron chi connectivity index (χ0n) is 16.3. The maximum absolute atomic E-state index is 5.59. The molecule has 0 aliphatic carbocycles. The van der Waals surface area contributed by atoms with Crippen molar-refractivity contribution in [2.45, 2.75) is 17.5 Å². The number of benzene rings is 2. The van der Waals surface area contributed by atoms with Gasteiger partial charge in [0.05, 0.1) is 18.5 Å². The summed E-state index contributed by atoms with van der Waals surface area (Å²) in [7, 11) is 0. The number of nitrogens with zero attached hydrogens (tertiary/aromatic N) is 4. The van der Waals surface area contributed by atoms with Gasteiger partial charge in [-0.1, -0.05) is 70.2 Å². The average Bonchev–Trinajstić information content (AvgIpc) is 3.54. The van der Waals surface area contributed by atoms with Gasteiger partial charge in [0.2, 0.25) is 5.82 Å². The molecule has 2 aromatic carbocycles. The Labute approximate surface area is 196 Å². The molecule has 5 nitrogen and oxygen atoms in total. The molecule has 0 amide bonds. The van der Waals surface area contributed by atoms with Crippen LogP contribution in [0.5, 0.6) is 0 Å². The highest BCUT2D eigenvalue weighted by atomic mass is 79.9. The number of furan rings is 1. The second-order valence-electron chi connectivity index (χ2n) is 6.80. The van der Waals surface area contributed by atoms with Gasteiger partial charge in [-0.3, -0.25) is 4.57 Å². The summed E-state index contributed by atoms with van der Waals surface area (Å²) in [6.45, 7) is 0.673. The first-order valence-electron chi connectivity index (χ1n) is 9.60. The van der Waals surface area contributed by atoms with Crippen LogP contribution in [0.1, 0.15) is 11.3 Å². The second-order valence-corrected chi connectivity index (χ2v) is 9.51. The summed E-state index contributed by atoms with van der Waals surface area (Å²) < 4.78 is 8.74. The summed E-state index contributed by atoms with van der Waals surface area (Å²) in [5, 5.41) is 12.8. The Morgan fingerprint density at radius 3 is 2.71 bits per heavy atom. The highest BCUT2D eigenvalue weighted by Gasteiger charge is 2.17. The number of hydrogen-bond acceptors (Lipinski definition) is 6. The maximum Gasteiger partial charge on any atom is 0.200 e. The van der Waals surface area contributed by atoms with Crippen molar-refractivity contribution < 1.29 is 4.42 Å². The summed E-state index contributed by atoms with van der Waals surface area (Å²) in [4.78, 5) is 4.81. The zero-order chi connectivity index (χ0) is 21.0. The minimum Gasteiger partial charge on any atom is -0.461 e. The van der Waals surface area contributed by atoms with E-state index in [1.165, 1.54) is 5.56 Å². The van der Waals surface area contributed by atoms with Crippen LogP contribution in [0, 0.1) is 0 Å². The molecule has 3 aromatic heterocycles. The second kappa shape index (κ2) is 9.21. The topological polar surface area (TPSA) is 56.7 Å². The van der Waals surface area contributed by atoms with Crippen molar-refractivity contribution in [3.05, 3.63) is 94.1 Å². The molecular formula is C23H17BrN4OS2. The van der Waals surface area contributed by atoms with Crippen molar-refractivity contribution in [1.29, 1.82) is 0 Å². The minimum absolute atomic E-state index is 0.673. The number of halogens is 1. The van der Waals surface area contributed by atoms with Crippen molar-refractivity contribution in [3.8, 4) is 22.2 Å². The SMILES string of the molecule is Brc1cccc(-c2nc(CSc3nnc(-c4ccco4)n3Cc3ccccc3)cs2)c1. The summed E-state index contributed by atoms with van der Waals surface area (Å²) in [6.07, 6.45) is 1.66. The Bertz CT molecular complexity index is 1280. The number of rotatable bonds is 7. The van der Waals surface area contributed by atoms with E-state index in [9.17, 15) is 0 Å². The molecule has 8 heteroatoms. The molecule has 0 aliphatic rings. The van der Waals surface area contributed by atoms with E-state index in [2.05, 4.69) is 60.3 Å². The third-order valence-electron chi connectivity index (χ3n) is 4.61. The van der Waals surface area contributed by atoms with Crippen molar-refractivity contribution in [2.24, 2.45) is 0 Å². The van der Waals surface area contributed by atoms with Crippen LogP contribution >= 0.6 is 39.0 Å². The molecule has 0 radical (unpaired) electrons. The number of hydrogen-bond donors (Lipinski definition) is 0. The van der Waals surface area contributed by atoms with E-state index in [1.807, 2.05) is 42.5 Å². The fourth-order valence-corrected chi connectivity index (χ4v) is 5.31. The van der Waals surface area contributed by atoms with E-state index in [4.69, 9.17) is 9.40 Å². The lowest BCUT2D eigenvalue weighted by Crippen LogP contribution is -2.04. The van der Waals surface area contributed by atoms with Crippen LogP contribution < -0.4 is 0 Å². The molecule has 0 bridgehead atoms. The van der Waals surface area contributed by atoms with Crippen LogP contribution in [0.25, 0.3) is 22.2 Å². The lowest BCUT2D eigenvalue weighted by atomic mass is 10.2. The standard InChI is InChI=1S/C23H17BrN4OS2/c24-18-9-4-8-17(12-18)22-25-19(14-30-22)15-31-23-27-26-21(20-10-5-11-29-20)28(23)13-16-6-2-1-3-7-16/h1-12,14H,13,15H2. The molecule has 0 atom stereocenters. The van der Waals surface area contributed by atoms with E-state index in [0.717, 1.165) is 37.5 Å². The van der Waals surface area contributed by atoms with Gasteiger partial charge in [0.1, 0.15) is 5.01 Å². The Hall–Kier alpha value is -2.68. The predicted molar refractivity (Wildman–Crippen MR) is 128 cm³/mol. The number of thioether (sulfide) groups is 1. The van der Waals surface area contributed by atoms with Gasteiger partial charge in [-0.05, 0) is 29.8 Å². The monoisotopic (exact) mass is 508 g/mol. The normalized spacial score (nSPS) is 11.1. The molecule has 5 rings (SSSR count). The first kappa shape index (κ1) is 20.2. The molecule has 0 aliphatic heterocycles. The van der Waals surface area contributed by atoms with Crippen LogP contribution in [-0.2, 0) is 12.3 Å². The highest BCUT2D eigenvalue weighted by molar-refractivity contribution is 9.10. The van der Waals surface area contributed by atoms with Crippen LogP contribution in [0.4, 0.5) is 0 Å². The summed E-state index contributed by atoms with van der Waals surface area (Å²) in [6, 6.07) is 22.3. The first-order valence-corrected chi connectivity index (χ1v) is 12.3. The Kier molecular flexibility index (Phi) is 6.01. The Morgan fingerprint density at radius 2 is 1.90 bits per heavy atom. The van der Waals surface area contributed by atoms with E-state index < -0.39 is 0 Å². The van der Waals surface area contributed by atoms with Crippen LogP contribution in [0.15, 0.2) is 92.4 Å². The molecule has 31 heavy (non-hydrogen) atoms. The molecule has 0 N–H and O–H groups in total. The zero-order valence-corrected chi connectivity index (χ0v) is 19.5. The van der Waals surface area contributed by atoms with E-state index in [0.29, 0.717) is 12.3 Å². The maximum atomic E-state index is 5.59. The Balaban J connectivity index is 1.38. The van der Waals surface area contributed by atoms with Crippen molar-refractivity contribution >= 4 is 39.0 Å². The first-order chi connectivity index (χ1) is 15.3. The molecule has 154 valence electrons. The highest BCUT2D eigenvalue weighted by Crippen LogP contribution is 2.30. The van der Waals surface area contributed by atoms with Crippen LogP contribution in [0.2, 0.25) is 0 Å². The van der Waals surface area contributed by atoms with Gasteiger partial charge in [-0.2, -0.15) is 0 Å². The fraction of sp³-hybridized carbons (Fsp3) is 0.0870. The van der Waals surface area contributed by atoms with Gasteiger partial charge in [0.25, 0.3) is 0 Å². The molecular weight excluding hydrogens is 492 g/mol. The van der Waals surface area contributed by atoms with Gasteiger partial charge < -0.3 is 4.42 Å². The van der Waals surface area contributed by atoms with E-state index in [-0.39, 0.29) is 0 Å². The van der Waals surface area contributed by atoms with Crippen LogP contribution in [-0.4, -0.2) is 19.7 Å². The quantitative estimate of drug-likeness (QED) is 0.227. The molecule has 0 saturated carbocycles. The lowest BCUT2D eigenvalue weighted by molar-refractivity contribution is 0.569. The van der Waals surface area contributed by atoms with E-state index in [1.54, 1.807) is 29.4 Å². The fourth-order valence-electron chi connectivity index (χ4n) is 3.16. The summed E-state index contributed by atoms with van der Waals surface area (Å²) in [5.41, 5.74) is 3.32. The third kappa shape index (κ3) is 4.66. The van der Waals surface area contributed by atoms with Gasteiger partial charge in [0, 0.05) is 21.2 Å². The minimum atomic E-state index is 0.673. The van der Waals surface area contributed by atoms with Crippen molar-refractivity contribution in [2.75, 3.05) is 0 Å². The van der Waals surface area contributed by atoms with Crippen LogP contribution in [0.3, 0.4) is 0 Å². The van der Waals surface area contributed by atoms with Crippen molar-refractivity contribution in [1.82, 2.24) is 19.7 Å². The van der Waals surface area contributed by atoms with E-state index >= 15 is 0 Å². The molecule has 5 aromatic rings. The van der Waals surface area contributed by atoms with Crippen molar-refractivity contribution in [3.63, 3.8) is 0 Å². The predicted octanol–water partition coefficient (Wildman–Crippen LogP) is 6.76. The van der Waals surface area contributed by atoms with Gasteiger partial charge >= 0.3 is 0 Å². The molecule has 0 saturated heterocycles. The third-order valence-corrected chi connectivity index (χ3v) is 7.05. The molecule has 0 unspecified atom stereocenters. The van der Waals surface area contributed by atoms with Gasteiger partial charge in [-0.25, -0.2) is 4.98 Å². The summed E-state index contributed by atoms with van der Waals surface area (Å²) >= 11 is 6.81. The van der Waals surface area contributed by atoms with Gasteiger partial charge in [0.15, 0.2) is 10.9 Å².